The molecule has 1 aromatic rings. The van der Waals surface area contributed by atoms with Crippen molar-refractivity contribution < 1.29 is 32.5 Å². The van der Waals surface area contributed by atoms with Crippen molar-refractivity contribution in [2.45, 2.75) is 143 Å². The molecule has 45 heavy (non-hydrogen) atoms. The number of ether oxygens (including phenoxy) is 1. The largest absolute Gasteiger partial charge is 0.493 e. The fraction of sp³-hybridized carbons (Fsp3) is 0.811. The molecular formula is C37H69NO6P+. The molecular weight excluding hydrogens is 585 g/mol. The van der Waals surface area contributed by atoms with Gasteiger partial charge in [-0.05, 0) is 37.3 Å². The van der Waals surface area contributed by atoms with Gasteiger partial charge in [0.15, 0.2) is 0 Å². The Morgan fingerprint density at radius 2 is 1.31 bits per heavy atom. The van der Waals surface area contributed by atoms with E-state index >= 15 is 0 Å². The Kier molecular flexibility index (Phi) is 24.0. The second kappa shape index (κ2) is 25.8. The molecule has 0 fully saturated rings. The Morgan fingerprint density at radius 1 is 0.778 bits per heavy atom. The zero-order valence-electron chi connectivity index (χ0n) is 29.7. The number of benzene rings is 1. The van der Waals surface area contributed by atoms with Crippen LogP contribution in [0.1, 0.15) is 142 Å². The van der Waals surface area contributed by atoms with Gasteiger partial charge in [-0.3, -0.25) is 13.8 Å². The lowest BCUT2D eigenvalue weighted by atomic mass is 9.94. The van der Waals surface area contributed by atoms with Crippen molar-refractivity contribution in [3.63, 3.8) is 0 Å². The number of phosphoric acid groups is 1. The number of para-hydroxylation sites is 1. The summed E-state index contributed by atoms with van der Waals surface area (Å²) >= 11 is 0. The minimum atomic E-state index is -4.21. The van der Waals surface area contributed by atoms with Gasteiger partial charge in [0.05, 0.1) is 33.9 Å². The van der Waals surface area contributed by atoms with Crippen LogP contribution in [0.2, 0.25) is 0 Å². The topological polar surface area (TPSA) is 82.1 Å². The van der Waals surface area contributed by atoms with Crippen molar-refractivity contribution in [3.8, 4) is 5.75 Å². The molecule has 1 N–H and O–H groups in total. The van der Waals surface area contributed by atoms with Crippen LogP contribution in [0.25, 0.3) is 0 Å². The molecule has 2 atom stereocenters. The molecule has 0 aromatic heterocycles. The number of rotatable bonds is 31. The number of hydrogen-bond donors (Lipinski definition) is 1. The molecule has 0 saturated carbocycles. The van der Waals surface area contributed by atoms with Crippen LogP contribution in [0.3, 0.4) is 0 Å². The molecule has 0 bridgehead atoms. The molecule has 7 nitrogen and oxygen atoms in total. The lowest BCUT2D eigenvalue weighted by Crippen LogP contribution is -2.41. The predicted octanol–water partition coefficient (Wildman–Crippen LogP) is 10.1. The number of carbonyl (C=O) groups is 1. The SMILES string of the molecule is CCCCCCCCCCCCCCCCCCOc1ccccc1CC(COP(=O)(O)OCC[N+](C)(C)CC)CC(=O)CC. The van der Waals surface area contributed by atoms with Gasteiger partial charge in [0, 0.05) is 12.8 Å². The summed E-state index contributed by atoms with van der Waals surface area (Å²) in [5.41, 5.74) is 0.988. The van der Waals surface area contributed by atoms with Crippen molar-refractivity contribution in [2.24, 2.45) is 5.92 Å². The molecule has 0 aliphatic heterocycles. The van der Waals surface area contributed by atoms with E-state index in [-0.39, 0.29) is 31.3 Å². The number of Topliss-reactive ketones (excluding diaryl/α,β-unsaturated/α-hetero) is 1. The maximum absolute atomic E-state index is 12.5. The second-order valence-corrected chi connectivity index (χ2v) is 15.0. The molecule has 0 amide bonds. The van der Waals surface area contributed by atoms with Crippen molar-refractivity contribution in [1.82, 2.24) is 0 Å². The van der Waals surface area contributed by atoms with E-state index in [0.717, 1.165) is 24.3 Å². The van der Waals surface area contributed by atoms with Gasteiger partial charge in [0.25, 0.3) is 0 Å². The Bertz CT molecular complexity index is 924. The molecule has 1 rings (SSSR count). The number of ketones is 1. The highest BCUT2D eigenvalue weighted by atomic mass is 31.2. The number of nitrogens with zero attached hydrogens (tertiary/aromatic N) is 1. The maximum atomic E-state index is 12.5. The smallest absolute Gasteiger partial charge is 0.472 e. The van der Waals surface area contributed by atoms with Crippen LogP contribution in [-0.2, 0) is 24.8 Å². The summed E-state index contributed by atoms with van der Waals surface area (Å²) in [6, 6.07) is 7.90. The summed E-state index contributed by atoms with van der Waals surface area (Å²) in [6.07, 6.45) is 22.7. The van der Waals surface area contributed by atoms with Crippen LogP contribution in [0, 0.1) is 5.92 Å². The summed E-state index contributed by atoms with van der Waals surface area (Å²) in [6.45, 7) is 8.43. The van der Waals surface area contributed by atoms with E-state index in [1.54, 1.807) is 0 Å². The van der Waals surface area contributed by atoms with Crippen LogP contribution in [-0.4, -0.2) is 62.2 Å². The number of carbonyl (C=O) groups excluding carboxylic acids is 1. The summed E-state index contributed by atoms with van der Waals surface area (Å²) < 4.78 is 30.0. The number of likely N-dealkylation sites (N-methyl/N-ethyl adjacent to an activating group) is 1. The van der Waals surface area contributed by atoms with Crippen molar-refractivity contribution in [2.75, 3.05) is 47.0 Å². The summed E-state index contributed by atoms with van der Waals surface area (Å²) in [7, 11) is -0.131. The number of quaternary nitrogens is 1. The van der Waals surface area contributed by atoms with Crippen LogP contribution in [0.5, 0.6) is 5.75 Å². The molecule has 0 spiro atoms. The van der Waals surface area contributed by atoms with Gasteiger partial charge in [0.2, 0.25) is 0 Å². The molecule has 8 heteroatoms. The van der Waals surface area contributed by atoms with Gasteiger partial charge in [-0.15, -0.1) is 0 Å². The Labute approximate surface area is 277 Å². The van der Waals surface area contributed by atoms with Crippen molar-refractivity contribution in [1.29, 1.82) is 0 Å². The predicted molar refractivity (Wildman–Crippen MR) is 188 cm³/mol. The summed E-state index contributed by atoms with van der Waals surface area (Å²) in [5.74, 6) is 0.672. The maximum Gasteiger partial charge on any atom is 0.472 e. The molecule has 0 saturated heterocycles. The normalized spacial score (nSPS) is 13.9. The summed E-state index contributed by atoms with van der Waals surface area (Å²) in [5, 5.41) is 0. The molecule has 1 aromatic carbocycles. The minimum Gasteiger partial charge on any atom is -0.493 e. The third kappa shape index (κ3) is 22.8. The van der Waals surface area contributed by atoms with E-state index in [0.29, 0.717) is 30.5 Å². The zero-order chi connectivity index (χ0) is 33.2. The lowest BCUT2D eigenvalue weighted by Gasteiger charge is -2.28. The second-order valence-electron chi connectivity index (χ2n) is 13.5. The third-order valence-electron chi connectivity index (χ3n) is 8.93. The molecule has 0 heterocycles. The average molecular weight is 655 g/mol. The zero-order valence-corrected chi connectivity index (χ0v) is 30.6. The van der Waals surface area contributed by atoms with Gasteiger partial charge >= 0.3 is 7.82 Å². The van der Waals surface area contributed by atoms with Crippen molar-refractivity contribution in [3.05, 3.63) is 29.8 Å². The highest BCUT2D eigenvalue weighted by Crippen LogP contribution is 2.44. The first-order chi connectivity index (χ1) is 21.6. The van der Waals surface area contributed by atoms with Crippen LogP contribution in [0.4, 0.5) is 0 Å². The third-order valence-corrected chi connectivity index (χ3v) is 9.91. The highest BCUT2D eigenvalue weighted by Gasteiger charge is 2.26. The molecule has 2 unspecified atom stereocenters. The highest BCUT2D eigenvalue weighted by molar-refractivity contribution is 7.47. The van der Waals surface area contributed by atoms with Gasteiger partial charge in [0.1, 0.15) is 24.7 Å². The first kappa shape index (κ1) is 41.8. The number of hydrogen-bond acceptors (Lipinski definition) is 5. The van der Waals surface area contributed by atoms with Crippen molar-refractivity contribution >= 4 is 13.6 Å². The first-order valence-electron chi connectivity index (χ1n) is 18.3. The van der Waals surface area contributed by atoms with E-state index in [9.17, 15) is 14.3 Å². The van der Waals surface area contributed by atoms with E-state index in [1.165, 1.54) is 96.3 Å². The fourth-order valence-electron chi connectivity index (χ4n) is 5.41. The Morgan fingerprint density at radius 3 is 1.84 bits per heavy atom. The van der Waals surface area contributed by atoms with Crippen LogP contribution < -0.4 is 4.74 Å². The number of phosphoric ester groups is 1. The molecule has 262 valence electrons. The average Bonchev–Trinajstić information content (AvgIpc) is 3.01. The van der Waals surface area contributed by atoms with Gasteiger partial charge in [-0.2, -0.15) is 0 Å². The number of unbranched alkanes of at least 4 members (excludes halogenated alkanes) is 15. The van der Waals surface area contributed by atoms with E-state index in [4.69, 9.17) is 13.8 Å². The quantitative estimate of drug-likeness (QED) is 0.0487. The van der Waals surface area contributed by atoms with Gasteiger partial charge in [-0.1, -0.05) is 128 Å². The minimum absolute atomic E-state index is 0.0288. The molecule has 0 aliphatic rings. The molecule has 0 aliphatic carbocycles. The summed E-state index contributed by atoms with van der Waals surface area (Å²) in [4.78, 5) is 22.6. The lowest BCUT2D eigenvalue weighted by molar-refractivity contribution is -0.888. The fourth-order valence-corrected chi connectivity index (χ4v) is 6.20. The monoisotopic (exact) mass is 654 g/mol. The van der Waals surface area contributed by atoms with Gasteiger partial charge < -0.3 is 14.1 Å². The van der Waals surface area contributed by atoms with Crippen LogP contribution in [0.15, 0.2) is 24.3 Å². The van der Waals surface area contributed by atoms with Gasteiger partial charge in [-0.25, -0.2) is 4.57 Å². The molecule has 0 radical (unpaired) electrons. The Hall–Kier alpha value is -1.24. The Balaban J connectivity index is 2.34. The standard InChI is InChI=1S/C37H68NO6P/c1-6-9-10-11-12-13-14-15-16-17-18-19-20-21-22-25-29-42-37-27-24-23-26-35(37)31-34(32-36(39)7-2)33-44-45(40,41)43-30-28-38(4,5)8-3/h23-24,26-27,34H,6-22,25,28-33H2,1-5H3/p+1. The van der Waals surface area contributed by atoms with E-state index < -0.39 is 7.82 Å². The van der Waals surface area contributed by atoms with E-state index in [1.807, 2.05) is 45.3 Å². The first-order valence-corrected chi connectivity index (χ1v) is 19.8. The van der Waals surface area contributed by atoms with E-state index in [2.05, 4.69) is 13.8 Å². The van der Waals surface area contributed by atoms with Crippen LogP contribution >= 0.6 is 7.82 Å².